The molecule has 3 aromatic rings. The number of rotatable bonds is 8. The number of carbonyl (C=O) groups excluding carboxylic acids is 2. The molecule has 0 saturated carbocycles. The molecule has 150 valence electrons. The molecule has 8 nitrogen and oxygen atoms in total. The van der Waals surface area contributed by atoms with E-state index < -0.39 is 0 Å². The zero-order valence-electron chi connectivity index (χ0n) is 15.8. The first-order valence-electron chi connectivity index (χ1n) is 8.57. The molecule has 0 atom stereocenters. The minimum Gasteiger partial charge on any atom is -0.497 e. The van der Waals surface area contributed by atoms with Gasteiger partial charge in [-0.2, -0.15) is 0 Å². The van der Waals surface area contributed by atoms with Gasteiger partial charge in [0.2, 0.25) is 16.9 Å². The highest BCUT2D eigenvalue weighted by molar-refractivity contribution is 8.01. The molecule has 1 heterocycles. The van der Waals surface area contributed by atoms with E-state index in [2.05, 4.69) is 26.1 Å². The number of amides is 2. The van der Waals surface area contributed by atoms with Crippen LogP contribution in [0.3, 0.4) is 0 Å². The van der Waals surface area contributed by atoms with Gasteiger partial charge in [-0.15, -0.1) is 10.2 Å². The predicted molar refractivity (Wildman–Crippen MR) is 116 cm³/mol. The maximum Gasteiger partial charge on any atom is 0.234 e. The van der Waals surface area contributed by atoms with Crippen molar-refractivity contribution in [3.63, 3.8) is 0 Å². The summed E-state index contributed by atoms with van der Waals surface area (Å²) < 4.78 is 5.77. The van der Waals surface area contributed by atoms with Crippen LogP contribution >= 0.6 is 23.1 Å². The average Bonchev–Trinajstić information content (AvgIpc) is 3.14. The summed E-state index contributed by atoms with van der Waals surface area (Å²) in [7, 11) is 1.59. The number of carbonyl (C=O) groups is 2. The van der Waals surface area contributed by atoms with E-state index in [1.165, 1.54) is 30.0 Å². The van der Waals surface area contributed by atoms with Crippen LogP contribution in [-0.2, 0) is 9.59 Å². The lowest BCUT2D eigenvalue weighted by Crippen LogP contribution is -2.13. The van der Waals surface area contributed by atoms with Gasteiger partial charge in [0, 0.05) is 24.0 Å². The number of nitrogens with zero attached hydrogens (tertiary/aromatic N) is 2. The number of hydrogen-bond donors (Lipinski definition) is 3. The highest BCUT2D eigenvalue weighted by atomic mass is 32.2. The van der Waals surface area contributed by atoms with Crippen molar-refractivity contribution in [2.45, 2.75) is 11.3 Å². The van der Waals surface area contributed by atoms with E-state index in [4.69, 9.17) is 4.74 Å². The van der Waals surface area contributed by atoms with Gasteiger partial charge in [-0.25, -0.2) is 0 Å². The summed E-state index contributed by atoms with van der Waals surface area (Å²) in [6.07, 6.45) is 0. The molecule has 0 spiro atoms. The first-order valence-corrected chi connectivity index (χ1v) is 10.4. The topological polar surface area (TPSA) is 105 Å². The van der Waals surface area contributed by atoms with Crippen LogP contribution in [0.15, 0.2) is 52.9 Å². The standard InChI is InChI=1S/C19H19N5O3S2/c1-12(25)20-14-4-3-5-15(10-14)22-18-23-24-19(29-18)28-11-17(26)21-13-6-8-16(27-2)9-7-13/h3-10H,11H2,1-2H3,(H,20,25)(H,21,26)(H,22,23). The average molecular weight is 430 g/mol. The Kier molecular flexibility index (Phi) is 7.04. The van der Waals surface area contributed by atoms with E-state index in [0.717, 1.165) is 11.4 Å². The minimum absolute atomic E-state index is 0.132. The van der Waals surface area contributed by atoms with E-state index in [-0.39, 0.29) is 17.6 Å². The van der Waals surface area contributed by atoms with Gasteiger partial charge in [0.05, 0.1) is 12.9 Å². The van der Waals surface area contributed by atoms with Crippen LogP contribution in [0.1, 0.15) is 6.92 Å². The van der Waals surface area contributed by atoms with Gasteiger partial charge < -0.3 is 20.7 Å². The Labute approximate surface area is 176 Å². The van der Waals surface area contributed by atoms with Gasteiger partial charge in [-0.05, 0) is 42.5 Å². The SMILES string of the molecule is COc1ccc(NC(=O)CSc2nnc(Nc3cccc(NC(C)=O)c3)s2)cc1. The highest BCUT2D eigenvalue weighted by Gasteiger charge is 2.09. The van der Waals surface area contributed by atoms with Gasteiger partial charge in [0.1, 0.15) is 5.75 Å². The summed E-state index contributed by atoms with van der Waals surface area (Å²) in [6, 6.07) is 14.4. The maximum absolute atomic E-state index is 12.1. The molecule has 29 heavy (non-hydrogen) atoms. The van der Waals surface area contributed by atoms with E-state index >= 15 is 0 Å². The minimum atomic E-state index is -0.135. The largest absolute Gasteiger partial charge is 0.497 e. The predicted octanol–water partition coefficient (Wildman–Crippen LogP) is 3.98. The van der Waals surface area contributed by atoms with Crippen molar-refractivity contribution in [3.8, 4) is 5.75 Å². The second-order valence-corrected chi connectivity index (χ2v) is 8.03. The van der Waals surface area contributed by atoms with E-state index in [0.29, 0.717) is 20.8 Å². The summed E-state index contributed by atoms with van der Waals surface area (Å²) in [5.41, 5.74) is 2.17. The molecule has 0 aliphatic carbocycles. The summed E-state index contributed by atoms with van der Waals surface area (Å²) in [5.74, 6) is 0.685. The third-order valence-electron chi connectivity index (χ3n) is 3.54. The third kappa shape index (κ3) is 6.47. The summed E-state index contributed by atoms with van der Waals surface area (Å²) in [5, 5.41) is 17.5. The van der Waals surface area contributed by atoms with Crippen molar-refractivity contribution in [2.75, 3.05) is 28.8 Å². The highest BCUT2D eigenvalue weighted by Crippen LogP contribution is 2.28. The fraction of sp³-hybridized carbons (Fsp3) is 0.158. The van der Waals surface area contributed by atoms with Crippen LogP contribution in [0.5, 0.6) is 5.75 Å². The molecule has 2 aromatic carbocycles. The Morgan fingerprint density at radius 3 is 2.52 bits per heavy atom. The Bertz CT molecular complexity index is 992. The van der Waals surface area contributed by atoms with Crippen molar-refractivity contribution in [1.82, 2.24) is 10.2 Å². The van der Waals surface area contributed by atoms with Crippen LogP contribution in [0.4, 0.5) is 22.2 Å². The molecular formula is C19H19N5O3S2. The number of nitrogens with one attached hydrogen (secondary N) is 3. The van der Waals surface area contributed by atoms with Crippen LogP contribution in [-0.4, -0.2) is 34.9 Å². The second kappa shape index (κ2) is 9.89. The number of ether oxygens (including phenoxy) is 1. The van der Waals surface area contributed by atoms with Gasteiger partial charge in [0.15, 0.2) is 4.34 Å². The van der Waals surface area contributed by atoms with Gasteiger partial charge in [-0.1, -0.05) is 29.2 Å². The third-order valence-corrected chi connectivity index (χ3v) is 5.51. The van der Waals surface area contributed by atoms with Crippen molar-refractivity contribution in [1.29, 1.82) is 0 Å². The van der Waals surface area contributed by atoms with Crippen LogP contribution in [0.2, 0.25) is 0 Å². The first kappa shape index (κ1) is 20.6. The molecule has 0 aliphatic heterocycles. The Balaban J connectivity index is 1.51. The number of hydrogen-bond acceptors (Lipinski definition) is 8. The lowest BCUT2D eigenvalue weighted by molar-refractivity contribution is -0.114. The molecule has 0 radical (unpaired) electrons. The summed E-state index contributed by atoms with van der Waals surface area (Å²) >= 11 is 2.66. The molecule has 0 bridgehead atoms. The van der Waals surface area contributed by atoms with Gasteiger partial charge >= 0.3 is 0 Å². The fourth-order valence-electron chi connectivity index (χ4n) is 2.32. The molecule has 0 unspecified atom stereocenters. The van der Waals surface area contributed by atoms with Crippen LogP contribution < -0.4 is 20.7 Å². The van der Waals surface area contributed by atoms with E-state index in [1.54, 1.807) is 43.5 Å². The van der Waals surface area contributed by atoms with Crippen molar-refractivity contribution in [3.05, 3.63) is 48.5 Å². The number of benzene rings is 2. The lowest BCUT2D eigenvalue weighted by atomic mass is 10.3. The van der Waals surface area contributed by atoms with Crippen LogP contribution in [0.25, 0.3) is 0 Å². The molecule has 3 rings (SSSR count). The maximum atomic E-state index is 12.1. The van der Waals surface area contributed by atoms with Gasteiger partial charge in [-0.3, -0.25) is 9.59 Å². The zero-order chi connectivity index (χ0) is 20.6. The van der Waals surface area contributed by atoms with E-state index in [1.807, 2.05) is 12.1 Å². The molecule has 0 saturated heterocycles. The quantitative estimate of drug-likeness (QED) is 0.465. The Hall–Kier alpha value is -3.11. The molecule has 1 aromatic heterocycles. The smallest absolute Gasteiger partial charge is 0.234 e. The summed E-state index contributed by atoms with van der Waals surface area (Å²) in [4.78, 5) is 23.3. The Morgan fingerprint density at radius 1 is 1.03 bits per heavy atom. The number of methoxy groups -OCH3 is 1. The van der Waals surface area contributed by atoms with E-state index in [9.17, 15) is 9.59 Å². The molecule has 2 amide bonds. The molecule has 0 fully saturated rings. The number of anilines is 4. The normalized spacial score (nSPS) is 10.3. The van der Waals surface area contributed by atoms with Crippen molar-refractivity contribution in [2.24, 2.45) is 0 Å². The number of aromatic nitrogens is 2. The summed E-state index contributed by atoms with van der Waals surface area (Å²) in [6.45, 7) is 1.46. The first-order chi connectivity index (χ1) is 14.0. The number of thioether (sulfide) groups is 1. The monoisotopic (exact) mass is 429 g/mol. The van der Waals surface area contributed by atoms with Gasteiger partial charge in [0.25, 0.3) is 0 Å². The molecule has 10 heteroatoms. The van der Waals surface area contributed by atoms with Crippen molar-refractivity contribution < 1.29 is 14.3 Å². The lowest BCUT2D eigenvalue weighted by Gasteiger charge is -2.06. The van der Waals surface area contributed by atoms with Crippen molar-refractivity contribution >= 4 is 57.1 Å². The second-order valence-electron chi connectivity index (χ2n) is 5.83. The molecule has 0 aliphatic rings. The molecule has 3 N–H and O–H groups in total. The Morgan fingerprint density at radius 2 is 1.79 bits per heavy atom. The fourth-order valence-corrected chi connectivity index (χ4v) is 3.89. The zero-order valence-corrected chi connectivity index (χ0v) is 17.4. The molecular weight excluding hydrogens is 410 g/mol. The van der Waals surface area contributed by atoms with Crippen LogP contribution in [0, 0.1) is 0 Å².